The van der Waals surface area contributed by atoms with Gasteiger partial charge in [0.2, 0.25) is 0 Å². The normalized spacial score (nSPS) is 11.1. The predicted molar refractivity (Wildman–Crippen MR) is 84.5 cm³/mol. The number of aromatic nitrogens is 3. The number of aromatic carboxylic acids is 1. The maximum atomic E-state index is 11.4. The molecule has 8 heteroatoms. The molecule has 2 heterocycles. The topological polar surface area (TPSA) is 76.0 Å². The van der Waals surface area contributed by atoms with E-state index in [4.69, 9.17) is 11.6 Å². The second kappa shape index (κ2) is 6.72. The first kappa shape index (κ1) is 16.2. The van der Waals surface area contributed by atoms with Crippen molar-refractivity contribution in [2.45, 2.75) is 37.5 Å². The number of thiazole rings is 1. The van der Waals surface area contributed by atoms with Gasteiger partial charge in [0, 0.05) is 22.7 Å². The molecule has 2 aromatic heterocycles. The highest BCUT2D eigenvalue weighted by molar-refractivity contribution is 7.98. The molecule has 0 fully saturated rings. The van der Waals surface area contributed by atoms with Crippen molar-refractivity contribution >= 4 is 40.7 Å². The fraction of sp³-hybridized carbons (Fsp3) is 0.385. The third-order valence-electron chi connectivity index (χ3n) is 2.68. The Morgan fingerprint density at radius 2 is 2.19 bits per heavy atom. The molecule has 2 rings (SSSR count). The quantitative estimate of drug-likeness (QED) is 0.653. The lowest BCUT2D eigenvalue weighted by Crippen LogP contribution is -2.10. The number of rotatable bonds is 5. The molecule has 0 aliphatic carbocycles. The highest BCUT2D eigenvalue weighted by Gasteiger charge is 2.19. The van der Waals surface area contributed by atoms with Crippen LogP contribution >= 0.6 is 34.7 Å². The summed E-state index contributed by atoms with van der Waals surface area (Å²) in [5, 5.41) is 9.84. The predicted octanol–water partition coefficient (Wildman–Crippen LogP) is 4.01. The Balaban J connectivity index is 2.32. The zero-order valence-electron chi connectivity index (χ0n) is 11.8. The molecule has 0 aliphatic rings. The van der Waals surface area contributed by atoms with E-state index in [1.165, 1.54) is 23.1 Å². The van der Waals surface area contributed by atoms with Crippen molar-refractivity contribution < 1.29 is 9.90 Å². The van der Waals surface area contributed by atoms with Crippen LogP contribution in [-0.2, 0) is 5.75 Å². The maximum Gasteiger partial charge on any atom is 0.340 e. The Morgan fingerprint density at radius 1 is 1.48 bits per heavy atom. The average molecular weight is 344 g/mol. The summed E-state index contributed by atoms with van der Waals surface area (Å²) in [5.74, 6) is 0.372. The SMILES string of the molecule is Cc1nc(C(C)C)nc(SCc2cnc(Cl)s2)c1C(=O)O. The number of hydrogen-bond acceptors (Lipinski definition) is 6. The van der Waals surface area contributed by atoms with Crippen LogP contribution in [0.15, 0.2) is 11.2 Å². The monoisotopic (exact) mass is 343 g/mol. The minimum absolute atomic E-state index is 0.142. The molecule has 21 heavy (non-hydrogen) atoms. The number of carboxylic acids is 1. The number of aryl methyl sites for hydroxylation is 1. The van der Waals surface area contributed by atoms with Gasteiger partial charge in [-0.3, -0.25) is 0 Å². The fourth-order valence-corrected chi connectivity index (χ4v) is 3.74. The van der Waals surface area contributed by atoms with Gasteiger partial charge in [-0.05, 0) is 6.92 Å². The van der Waals surface area contributed by atoms with Crippen LogP contribution in [0.3, 0.4) is 0 Å². The van der Waals surface area contributed by atoms with E-state index >= 15 is 0 Å². The Kier molecular flexibility index (Phi) is 5.18. The lowest BCUT2D eigenvalue weighted by molar-refractivity contribution is 0.0690. The summed E-state index contributed by atoms with van der Waals surface area (Å²) in [6, 6.07) is 0. The third kappa shape index (κ3) is 3.93. The molecular weight excluding hydrogens is 330 g/mol. The summed E-state index contributed by atoms with van der Waals surface area (Å²) in [7, 11) is 0. The second-order valence-electron chi connectivity index (χ2n) is 4.68. The standard InChI is InChI=1S/C13H14ClN3O2S2/c1-6(2)10-16-7(3)9(12(18)19)11(17-10)20-5-8-4-15-13(14)21-8/h4,6H,5H2,1-3H3,(H,18,19). The molecule has 0 bridgehead atoms. The minimum Gasteiger partial charge on any atom is -0.478 e. The van der Waals surface area contributed by atoms with Crippen LogP contribution in [0.1, 0.15) is 46.5 Å². The Morgan fingerprint density at radius 3 is 2.71 bits per heavy atom. The van der Waals surface area contributed by atoms with Crippen molar-refractivity contribution in [3.63, 3.8) is 0 Å². The summed E-state index contributed by atoms with van der Waals surface area (Å²) in [6.07, 6.45) is 1.69. The van der Waals surface area contributed by atoms with E-state index in [1.807, 2.05) is 13.8 Å². The molecule has 0 aliphatic heterocycles. The summed E-state index contributed by atoms with van der Waals surface area (Å²) < 4.78 is 0.478. The van der Waals surface area contributed by atoms with Gasteiger partial charge in [-0.25, -0.2) is 19.7 Å². The zero-order valence-corrected chi connectivity index (χ0v) is 14.1. The van der Waals surface area contributed by atoms with Crippen molar-refractivity contribution in [1.82, 2.24) is 15.0 Å². The lowest BCUT2D eigenvalue weighted by Gasteiger charge is -2.11. The summed E-state index contributed by atoms with van der Waals surface area (Å²) in [6.45, 7) is 5.66. The molecule has 0 spiro atoms. The van der Waals surface area contributed by atoms with Crippen molar-refractivity contribution in [2.75, 3.05) is 0 Å². The number of hydrogen-bond donors (Lipinski definition) is 1. The highest BCUT2D eigenvalue weighted by atomic mass is 35.5. The molecule has 1 N–H and O–H groups in total. The van der Waals surface area contributed by atoms with Gasteiger partial charge in [0.15, 0.2) is 4.47 Å². The van der Waals surface area contributed by atoms with E-state index in [2.05, 4.69) is 15.0 Å². The second-order valence-corrected chi connectivity index (χ2v) is 7.34. The average Bonchev–Trinajstić information content (AvgIpc) is 2.80. The van der Waals surface area contributed by atoms with Crippen molar-refractivity contribution in [1.29, 1.82) is 0 Å². The van der Waals surface area contributed by atoms with Gasteiger partial charge < -0.3 is 5.11 Å². The third-order valence-corrected chi connectivity index (χ3v) is 5.00. The largest absolute Gasteiger partial charge is 0.478 e. The van der Waals surface area contributed by atoms with Crippen LogP contribution in [0.2, 0.25) is 4.47 Å². The molecule has 0 unspecified atom stereocenters. The summed E-state index contributed by atoms with van der Waals surface area (Å²) in [4.78, 5) is 25.0. The number of carbonyl (C=O) groups is 1. The molecule has 0 saturated heterocycles. The minimum atomic E-state index is -1.01. The maximum absolute atomic E-state index is 11.4. The van der Waals surface area contributed by atoms with E-state index in [9.17, 15) is 9.90 Å². The molecule has 0 atom stereocenters. The first-order valence-corrected chi connectivity index (χ1v) is 8.41. The van der Waals surface area contributed by atoms with E-state index in [0.29, 0.717) is 26.8 Å². The van der Waals surface area contributed by atoms with Gasteiger partial charge in [0.1, 0.15) is 16.4 Å². The smallest absolute Gasteiger partial charge is 0.340 e. The zero-order chi connectivity index (χ0) is 15.6. The van der Waals surface area contributed by atoms with Gasteiger partial charge in [0.25, 0.3) is 0 Å². The van der Waals surface area contributed by atoms with Gasteiger partial charge in [-0.1, -0.05) is 37.2 Å². The number of carboxylic acid groups (broad SMARTS) is 1. The van der Waals surface area contributed by atoms with E-state index in [1.54, 1.807) is 13.1 Å². The highest BCUT2D eigenvalue weighted by Crippen LogP contribution is 2.30. The van der Waals surface area contributed by atoms with Crippen molar-refractivity contribution in [3.05, 3.63) is 32.6 Å². The molecule has 2 aromatic rings. The van der Waals surface area contributed by atoms with Gasteiger partial charge >= 0.3 is 5.97 Å². The molecule has 0 aromatic carbocycles. The number of halogens is 1. The van der Waals surface area contributed by atoms with Crippen LogP contribution in [0.4, 0.5) is 0 Å². The Labute approximate surface area is 135 Å². The molecular formula is C13H14ClN3O2S2. The van der Waals surface area contributed by atoms with Crippen LogP contribution in [0.25, 0.3) is 0 Å². The summed E-state index contributed by atoms with van der Waals surface area (Å²) >= 11 is 8.54. The Hall–Kier alpha value is -1.18. The number of nitrogens with zero attached hydrogens (tertiary/aromatic N) is 3. The Bertz CT molecular complexity index is 673. The number of thioether (sulfide) groups is 1. The molecule has 0 amide bonds. The van der Waals surface area contributed by atoms with Gasteiger partial charge in [-0.2, -0.15) is 0 Å². The first-order chi connectivity index (χ1) is 9.88. The lowest BCUT2D eigenvalue weighted by atomic mass is 10.2. The van der Waals surface area contributed by atoms with Crippen LogP contribution < -0.4 is 0 Å². The van der Waals surface area contributed by atoms with Crippen molar-refractivity contribution in [2.24, 2.45) is 0 Å². The van der Waals surface area contributed by atoms with E-state index in [0.717, 1.165) is 4.88 Å². The van der Waals surface area contributed by atoms with Gasteiger partial charge in [-0.15, -0.1) is 11.3 Å². The van der Waals surface area contributed by atoms with Crippen LogP contribution in [0, 0.1) is 6.92 Å². The fourth-order valence-electron chi connectivity index (χ4n) is 1.67. The summed E-state index contributed by atoms with van der Waals surface area (Å²) in [5.41, 5.74) is 0.658. The van der Waals surface area contributed by atoms with Crippen LogP contribution in [-0.4, -0.2) is 26.0 Å². The molecule has 0 saturated carbocycles. The van der Waals surface area contributed by atoms with Crippen LogP contribution in [0.5, 0.6) is 0 Å². The first-order valence-electron chi connectivity index (χ1n) is 6.23. The molecule has 0 radical (unpaired) electrons. The van der Waals surface area contributed by atoms with E-state index in [-0.39, 0.29) is 11.5 Å². The van der Waals surface area contributed by atoms with Gasteiger partial charge in [0.05, 0.1) is 5.69 Å². The van der Waals surface area contributed by atoms with E-state index < -0.39 is 5.97 Å². The molecule has 112 valence electrons. The van der Waals surface area contributed by atoms with Crippen molar-refractivity contribution in [3.8, 4) is 0 Å². The molecule has 5 nitrogen and oxygen atoms in total.